The van der Waals surface area contributed by atoms with Crippen molar-refractivity contribution < 1.29 is 9.47 Å². The van der Waals surface area contributed by atoms with Gasteiger partial charge >= 0.3 is 0 Å². The summed E-state index contributed by atoms with van der Waals surface area (Å²) in [6.07, 6.45) is 8.61. The van der Waals surface area contributed by atoms with Gasteiger partial charge < -0.3 is 14.8 Å². The van der Waals surface area contributed by atoms with Crippen LogP contribution in [-0.4, -0.2) is 31.3 Å². The summed E-state index contributed by atoms with van der Waals surface area (Å²) in [5.74, 6) is 0.897. The zero-order valence-electron chi connectivity index (χ0n) is 11.2. The van der Waals surface area contributed by atoms with Crippen LogP contribution in [0.15, 0.2) is 18.5 Å². The molecule has 2 atom stereocenters. The molecule has 4 nitrogen and oxygen atoms in total. The van der Waals surface area contributed by atoms with Gasteiger partial charge in [0.05, 0.1) is 12.3 Å². The van der Waals surface area contributed by atoms with Gasteiger partial charge in [-0.2, -0.15) is 0 Å². The fraction of sp³-hybridized carbons (Fsp3) is 0.643. The Morgan fingerprint density at radius 2 is 2.22 bits per heavy atom. The summed E-state index contributed by atoms with van der Waals surface area (Å²) in [6.45, 7) is 0.804. The molecule has 0 radical (unpaired) electrons. The van der Waals surface area contributed by atoms with Gasteiger partial charge in [-0.15, -0.1) is 0 Å². The molecule has 0 spiro atoms. The smallest absolute Gasteiger partial charge is 0.142 e. The number of aromatic nitrogens is 1. The number of methoxy groups -OCH3 is 1. The molecular formula is C14H22N2O2. The Kier molecular flexibility index (Phi) is 4.96. The SMILES string of the molecule is CNCc1ccncc1OC1CCCC(OC)C1. The van der Waals surface area contributed by atoms with Gasteiger partial charge in [-0.3, -0.25) is 4.98 Å². The summed E-state index contributed by atoms with van der Waals surface area (Å²) in [5.41, 5.74) is 1.16. The van der Waals surface area contributed by atoms with Crippen molar-refractivity contribution in [3.05, 3.63) is 24.0 Å². The Morgan fingerprint density at radius 1 is 1.39 bits per heavy atom. The van der Waals surface area contributed by atoms with Crippen molar-refractivity contribution in [1.29, 1.82) is 0 Å². The van der Waals surface area contributed by atoms with Gasteiger partial charge in [0.15, 0.2) is 0 Å². The molecule has 100 valence electrons. The monoisotopic (exact) mass is 250 g/mol. The molecule has 0 bridgehead atoms. The minimum atomic E-state index is 0.253. The van der Waals surface area contributed by atoms with Gasteiger partial charge in [-0.1, -0.05) is 0 Å². The fourth-order valence-electron chi connectivity index (χ4n) is 2.45. The summed E-state index contributed by atoms with van der Waals surface area (Å²) >= 11 is 0. The average molecular weight is 250 g/mol. The highest BCUT2D eigenvalue weighted by molar-refractivity contribution is 5.29. The van der Waals surface area contributed by atoms with Crippen molar-refractivity contribution in [1.82, 2.24) is 10.3 Å². The van der Waals surface area contributed by atoms with Crippen molar-refractivity contribution in [2.45, 2.75) is 44.4 Å². The molecular weight excluding hydrogens is 228 g/mol. The minimum absolute atomic E-state index is 0.253. The second kappa shape index (κ2) is 6.71. The van der Waals surface area contributed by atoms with Gasteiger partial charge in [0, 0.05) is 31.8 Å². The number of hydrogen-bond donors (Lipinski definition) is 1. The molecule has 1 aliphatic rings. The average Bonchev–Trinajstić information content (AvgIpc) is 2.41. The molecule has 2 unspecified atom stereocenters. The first-order chi connectivity index (χ1) is 8.83. The highest BCUT2D eigenvalue weighted by Gasteiger charge is 2.23. The normalized spacial score (nSPS) is 23.9. The standard InChI is InChI=1S/C14H22N2O2/c1-15-9-11-6-7-16-10-14(11)18-13-5-3-4-12(8-13)17-2/h6-7,10,12-13,15H,3-5,8-9H2,1-2H3. The van der Waals surface area contributed by atoms with Crippen molar-refractivity contribution in [2.75, 3.05) is 14.2 Å². The maximum atomic E-state index is 6.09. The summed E-state index contributed by atoms with van der Waals surface area (Å²) < 4.78 is 11.5. The Balaban J connectivity index is 1.99. The van der Waals surface area contributed by atoms with E-state index in [1.807, 2.05) is 19.3 Å². The first kappa shape index (κ1) is 13.3. The molecule has 4 heteroatoms. The molecule has 0 saturated heterocycles. The van der Waals surface area contributed by atoms with Gasteiger partial charge in [0.1, 0.15) is 11.9 Å². The topological polar surface area (TPSA) is 43.4 Å². The quantitative estimate of drug-likeness (QED) is 0.869. The van der Waals surface area contributed by atoms with Crippen LogP contribution in [0.4, 0.5) is 0 Å². The van der Waals surface area contributed by atoms with E-state index in [9.17, 15) is 0 Å². The van der Waals surface area contributed by atoms with Crippen molar-refractivity contribution in [3.8, 4) is 5.75 Å². The van der Waals surface area contributed by atoms with E-state index in [-0.39, 0.29) is 6.10 Å². The number of nitrogens with one attached hydrogen (secondary N) is 1. The fourth-order valence-corrected chi connectivity index (χ4v) is 2.45. The Morgan fingerprint density at radius 3 is 3.00 bits per heavy atom. The number of ether oxygens (including phenoxy) is 2. The molecule has 2 rings (SSSR count). The van der Waals surface area contributed by atoms with E-state index in [0.717, 1.165) is 37.1 Å². The molecule has 18 heavy (non-hydrogen) atoms. The first-order valence-electron chi connectivity index (χ1n) is 6.60. The molecule has 0 aliphatic heterocycles. The van der Waals surface area contributed by atoms with E-state index in [1.54, 1.807) is 13.3 Å². The lowest BCUT2D eigenvalue weighted by Crippen LogP contribution is -2.29. The molecule has 1 heterocycles. The molecule has 1 aromatic rings. The third kappa shape index (κ3) is 3.43. The molecule has 1 fully saturated rings. The Hall–Kier alpha value is -1.13. The van der Waals surface area contributed by atoms with Crippen LogP contribution in [0.3, 0.4) is 0 Å². The molecule has 1 aliphatic carbocycles. The van der Waals surface area contributed by atoms with E-state index in [0.29, 0.717) is 6.10 Å². The summed E-state index contributed by atoms with van der Waals surface area (Å²) in [7, 11) is 3.72. The lowest BCUT2D eigenvalue weighted by atomic mass is 9.95. The van der Waals surface area contributed by atoms with Crippen LogP contribution < -0.4 is 10.1 Å². The molecule has 0 aromatic carbocycles. The third-order valence-electron chi connectivity index (χ3n) is 3.44. The largest absolute Gasteiger partial charge is 0.488 e. The second-order valence-corrected chi connectivity index (χ2v) is 4.78. The molecule has 0 amide bonds. The van der Waals surface area contributed by atoms with E-state index in [4.69, 9.17) is 9.47 Å². The zero-order valence-corrected chi connectivity index (χ0v) is 11.2. The van der Waals surface area contributed by atoms with E-state index in [2.05, 4.69) is 10.3 Å². The van der Waals surface area contributed by atoms with Crippen LogP contribution in [0.25, 0.3) is 0 Å². The van der Waals surface area contributed by atoms with Crippen LogP contribution in [-0.2, 0) is 11.3 Å². The maximum Gasteiger partial charge on any atom is 0.142 e. The second-order valence-electron chi connectivity index (χ2n) is 4.78. The van der Waals surface area contributed by atoms with Crippen molar-refractivity contribution in [3.63, 3.8) is 0 Å². The Bertz CT molecular complexity index is 371. The van der Waals surface area contributed by atoms with Crippen LogP contribution >= 0.6 is 0 Å². The predicted molar refractivity (Wildman–Crippen MR) is 70.7 cm³/mol. The lowest BCUT2D eigenvalue weighted by molar-refractivity contribution is 0.0205. The highest BCUT2D eigenvalue weighted by Crippen LogP contribution is 2.26. The van der Waals surface area contributed by atoms with Crippen molar-refractivity contribution >= 4 is 0 Å². The minimum Gasteiger partial charge on any atom is -0.488 e. The van der Waals surface area contributed by atoms with E-state index < -0.39 is 0 Å². The molecule has 1 N–H and O–H groups in total. The molecule has 1 saturated carbocycles. The highest BCUT2D eigenvalue weighted by atomic mass is 16.5. The summed E-state index contributed by atoms with van der Waals surface area (Å²) in [5, 5.41) is 3.15. The number of pyridine rings is 1. The van der Waals surface area contributed by atoms with E-state index >= 15 is 0 Å². The van der Waals surface area contributed by atoms with Gasteiger partial charge in [-0.05, 0) is 32.4 Å². The van der Waals surface area contributed by atoms with Gasteiger partial charge in [0.25, 0.3) is 0 Å². The maximum absolute atomic E-state index is 6.09. The Labute approximate surface area is 109 Å². The van der Waals surface area contributed by atoms with Crippen molar-refractivity contribution in [2.24, 2.45) is 0 Å². The number of rotatable bonds is 5. The van der Waals surface area contributed by atoms with Gasteiger partial charge in [-0.25, -0.2) is 0 Å². The van der Waals surface area contributed by atoms with E-state index in [1.165, 1.54) is 6.42 Å². The first-order valence-corrected chi connectivity index (χ1v) is 6.60. The zero-order chi connectivity index (χ0) is 12.8. The van der Waals surface area contributed by atoms with Crippen LogP contribution in [0.2, 0.25) is 0 Å². The van der Waals surface area contributed by atoms with Crippen LogP contribution in [0.1, 0.15) is 31.2 Å². The molecule has 1 aromatic heterocycles. The summed E-state index contributed by atoms with van der Waals surface area (Å²) in [4.78, 5) is 4.15. The third-order valence-corrected chi connectivity index (χ3v) is 3.44. The summed E-state index contributed by atoms with van der Waals surface area (Å²) in [6, 6.07) is 2.00. The van der Waals surface area contributed by atoms with Crippen LogP contribution in [0.5, 0.6) is 5.75 Å². The predicted octanol–water partition coefficient (Wildman–Crippen LogP) is 2.14. The number of hydrogen-bond acceptors (Lipinski definition) is 4. The number of nitrogens with zero attached hydrogens (tertiary/aromatic N) is 1. The van der Waals surface area contributed by atoms with Crippen LogP contribution in [0, 0.1) is 0 Å². The lowest BCUT2D eigenvalue weighted by Gasteiger charge is -2.29. The van der Waals surface area contributed by atoms with Gasteiger partial charge in [0.2, 0.25) is 0 Å².